The molecule has 2 amide bonds. The van der Waals surface area contributed by atoms with Crippen molar-refractivity contribution in [1.29, 1.82) is 0 Å². The largest absolute Gasteiger partial charge is 0.484 e. The molecule has 0 fully saturated rings. The van der Waals surface area contributed by atoms with Crippen molar-refractivity contribution >= 4 is 56.5 Å². The number of hydrogen-bond acceptors (Lipinski definition) is 6. The predicted octanol–water partition coefficient (Wildman–Crippen LogP) is 5.04. The smallest absolute Gasteiger partial charge is 0.262 e. The second-order valence-electron chi connectivity index (χ2n) is 6.52. The van der Waals surface area contributed by atoms with Crippen molar-refractivity contribution < 1.29 is 14.3 Å². The lowest BCUT2D eigenvalue weighted by atomic mass is 10.3. The van der Waals surface area contributed by atoms with E-state index in [1.165, 1.54) is 23.1 Å². The summed E-state index contributed by atoms with van der Waals surface area (Å²) in [5.74, 6) is 0.602. The molecule has 1 heterocycles. The van der Waals surface area contributed by atoms with E-state index in [2.05, 4.69) is 15.6 Å². The molecule has 31 heavy (non-hydrogen) atoms. The molecule has 0 radical (unpaired) electrons. The van der Waals surface area contributed by atoms with Gasteiger partial charge in [0, 0.05) is 11.4 Å². The highest BCUT2D eigenvalue weighted by Gasteiger charge is 2.10. The topological polar surface area (TPSA) is 80.3 Å². The number of thioether (sulfide) groups is 1. The molecule has 8 heteroatoms. The van der Waals surface area contributed by atoms with Crippen molar-refractivity contribution in [3.05, 3.63) is 78.9 Å². The van der Waals surface area contributed by atoms with Crippen molar-refractivity contribution in [2.75, 3.05) is 23.0 Å². The van der Waals surface area contributed by atoms with Gasteiger partial charge in [0.15, 0.2) is 10.9 Å². The molecule has 3 aromatic carbocycles. The molecular weight excluding hydrogens is 430 g/mol. The van der Waals surface area contributed by atoms with Crippen LogP contribution < -0.4 is 15.4 Å². The lowest BCUT2D eigenvalue weighted by Crippen LogP contribution is -2.20. The Morgan fingerprint density at radius 1 is 0.871 bits per heavy atom. The van der Waals surface area contributed by atoms with Gasteiger partial charge in [0.05, 0.1) is 16.0 Å². The third kappa shape index (κ3) is 6.07. The summed E-state index contributed by atoms with van der Waals surface area (Å²) >= 11 is 2.87. The first-order chi connectivity index (χ1) is 15.2. The molecule has 0 spiro atoms. The SMILES string of the molecule is O=C(COc1ccccc1)Nc1ccc2nc(SCC(=O)Nc3ccccc3)sc2c1. The van der Waals surface area contributed by atoms with E-state index in [9.17, 15) is 9.59 Å². The second kappa shape index (κ2) is 10.1. The van der Waals surface area contributed by atoms with Gasteiger partial charge >= 0.3 is 0 Å². The average Bonchev–Trinajstić information content (AvgIpc) is 3.20. The number of fused-ring (bicyclic) bond motifs is 1. The number of benzene rings is 3. The number of nitrogens with zero attached hydrogens (tertiary/aromatic N) is 1. The summed E-state index contributed by atoms with van der Waals surface area (Å²) in [6.45, 7) is -0.0671. The Labute approximate surface area is 187 Å². The molecule has 0 aliphatic carbocycles. The molecule has 0 aliphatic heterocycles. The van der Waals surface area contributed by atoms with Crippen LogP contribution in [0.1, 0.15) is 0 Å². The zero-order chi connectivity index (χ0) is 21.5. The highest BCUT2D eigenvalue weighted by Crippen LogP contribution is 2.31. The maximum atomic E-state index is 12.2. The fourth-order valence-corrected chi connectivity index (χ4v) is 4.66. The van der Waals surface area contributed by atoms with Crippen LogP contribution in [0.3, 0.4) is 0 Å². The number of rotatable bonds is 8. The van der Waals surface area contributed by atoms with Crippen molar-refractivity contribution in [2.45, 2.75) is 4.34 Å². The minimum absolute atomic E-state index is 0.0671. The van der Waals surface area contributed by atoms with Gasteiger partial charge in [-0.15, -0.1) is 11.3 Å². The molecule has 4 aromatic rings. The molecule has 0 saturated carbocycles. The van der Waals surface area contributed by atoms with Crippen LogP contribution in [0.2, 0.25) is 0 Å². The van der Waals surface area contributed by atoms with Gasteiger partial charge < -0.3 is 15.4 Å². The van der Waals surface area contributed by atoms with E-state index < -0.39 is 0 Å². The van der Waals surface area contributed by atoms with Gasteiger partial charge in [-0.1, -0.05) is 48.2 Å². The van der Waals surface area contributed by atoms with E-state index in [4.69, 9.17) is 4.74 Å². The van der Waals surface area contributed by atoms with E-state index in [1.807, 2.05) is 60.7 Å². The minimum Gasteiger partial charge on any atom is -0.484 e. The quantitative estimate of drug-likeness (QED) is 0.368. The Bertz CT molecular complexity index is 1180. The second-order valence-corrected chi connectivity index (χ2v) is 8.77. The summed E-state index contributed by atoms with van der Waals surface area (Å²) in [5.41, 5.74) is 2.28. The number of carbonyl (C=O) groups is 2. The molecule has 156 valence electrons. The summed E-state index contributed by atoms with van der Waals surface area (Å²) in [6, 6.07) is 24.1. The highest BCUT2D eigenvalue weighted by molar-refractivity contribution is 8.01. The van der Waals surface area contributed by atoms with Crippen LogP contribution in [-0.2, 0) is 9.59 Å². The van der Waals surface area contributed by atoms with Crippen LogP contribution >= 0.6 is 23.1 Å². The van der Waals surface area contributed by atoms with E-state index in [-0.39, 0.29) is 24.2 Å². The summed E-state index contributed by atoms with van der Waals surface area (Å²) in [4.78, 5) is 28.8. The Kier molecular flexibility index (Phi) is 6.81. The van der Waals surface area contributed by atoms with Crippen LogP contribution in [0.25, 0.3) is 10.2 Å². The summed E-state index contributed by atoms with van der Waals surface area (Å²) in [7, 11) is 0. The summed E-state index contributed by atoms with van der Waals surface area (Å²) < 4.78 is 7.20. The fraction of sp³-hybridized carbons (Fsp3) is 0.0870. The van der Waals surface area contributed by atoms with Crippen LogP contribution in [0.4, 0.5) is 11.4 Å². The van der Waals surface area contributed by atoms with Gasteiger partial charge in [-0.05, 0) is 42.5 Å². The number of thiazole rings is 1. The number of aromatic nitrogens is 1. The minimum atomic E-state index is -0.236. The lowest BCUT2D eigenvalue weighted by Gasteiger charge is -2.07. The van der Waals surface area contributed by atoms with E-state index in [0.717, 1.165) is 20.2 Å². The number of para-hydroxylation sites is 2. The van der Waals surface area contributed by atoms with Gasteiger partial charge in [0.2, 0.25) is 5.91 Å². The first-order valence-corrected chi connectivity index (χ1v) is 11.3. The molecule has 0 saturated heterocycles. The van der Waals surface area contributed by atoms with Crippen LogP contribution in [0.5, 0.6) is 5.75 Å². The molecule has 6 nitrogen and oxygen atoms in total. The number of ether oxygens (including phenoxy) is 1. The molecule has 4 rings (SSSR count). The summed E-state index contributed by atoms with van der Waals surface area (Å²) in [6.07, 6.45) is 0. The average molecular weight is 450 g/mol. The number of nitrogens with one attached hydrogen (secondary N) is 2. The number of amides is 2. The van der Waals surface area contributed by atoms with E-state index >= 15 is 0 Å². The van der Waals surface area contributed by atoms with Gasteiger partial charge in [0.1, 0.15) is 5.75 Å². The van der Waals surface area contributed by atoms with Crippen LogP contribution in [-0.4, -0.2) is 29.2 Å². The highest BCUT2D eigenvalue weighted by atomic mass is 32.2. The van der Waals surface area contributed by atoms with Crippen molar-refractivity contribution in [2.24, 2.45) is 0 Å². The maximum Gasteiger partial charge on any atom is 0.262 e. The van der Waals surface area contributed by atoms with Crippen molar-refractivity contribution in [1.82, 2.24) is 4.98 Å². The maximum absolute atomic E-state index is 12.2. The molecule has 0 bridgehead atoms. The first kappa shape index (κ1) is 20.9. The van der Waals surface area contributed by atoms with Crippen LogP contribution in [0.15, 0.2) is 83.2 Å². The first-order valence-electron chi connectivity index (χ1n) is 9.52. The van der Waals surface area contributed by atoms with Crippen LogP contribution in [0, 0.1) is 0 Å². The third-order valence-corrected chi connectivity index (χ3v) is 6.31. The molecule has 0 aliphatic rings. The standard InChI is InChI=1S/C23H19N3O3S2/c27-21(14-29-18-9-5-2-6-10-18)25-17-11-12-19-20(13-17)31-23(26-19)30-15-22(28)24-16-7-3-1-4-8-16/h1-13H,14-15H2,(H,24,28)(H,25,27). The molecular formula is C23H19N3O3S2. The molecule has 1 aromatic heterocycles. The number of carbonyl (C=O) groups excluding carboxylic acids is 2. The molecule has 0 atom stereocenters. The Morgan fingerprint density at radius 2 is 1.58 bits per heavy atom. The fourth-order valence-electron chi connectivity index (χ4n) is 2.75. The lowest BCUT2D eigenvalue weighted by molar-refractivity contribution is -0.118. The van der Waals surface area contributed by atoms with Gasteiger partial charge in [-0.25, -0.2) is 4.98 Å². The van der Waals surface area contributed by atoms with Gasteiger partial charge in [-0.2, -0.15) is 0 Å². The van der Waals surface area contributed by atoms with E-state index in [0.29, 0.717) is 11.4 Å². The van der Waals surface area contributed by atoms with Gasteiger partial charge in [0.25, 0.3) is 5.91 Å². The van der Waals surface area contributed by atoms with Gasteiger partial charge in [-0.3, -0.25) is 9.59 Å². The third-order valence-electron chi connectivity index (χ3n) is 4.15. The molecule has 0 unspecified atom stereocenters. The van der Waals surface area contributed by atoms with Crippen molar-refractivity contribution in [3.8, 4) is 5.75 Å². The molecule has 2 N–H and O–H groups in total. The number of anilines is 2. The normalized spacial score (nSPS) is 10.6. The summed E-state index contributed by atoms with van der Waals surface area (Å²) in [5, 5.41) is 5.69. The zero-order valence-electron chi connectivity index (χ0n) is 16.4. The Balaban J connectivity index is 1.31. The zero-order valence-corrected chi connectivity index (χ0v) is 18.0. The van der Waals surface area contributed by atoms with E-state index in [1.54, 1.807) is 18.2 Å². The number of hydrogen-bond donors (Lipinski definition) is 2. The monoisotopic (exact) mass is 449 g/mol. The Morgan fingerprint density at radius 3 is 2.35 bits per heavy atom. The Hall–Kier alpha value is -3.36. The van der Waals surface area contributed by atoms with Crippen molar-refractivity contribution in [3.63, 3.8) is 0 Å². The predicted molar refractivity (Wildman–Crippen MR) is 126 cm³/mol.